The minimum atomic E-state index is -4.65. The van der Waals surface area contributed by atoms with Gasteiger partial charge < -0.3 is 14.7 Å². The van der Waals surface area contributed by atoms with Crippen LogP contribution in [0.3, 0.4) is 0 Å². The Kier molecular flexibility index (Phi) is 9.32. The molecular formula is C13H28NO4P. The summed E-state index contributed by atoms with van der Waals surface area (Å²) in [6.45, 7) is 6.80. The molecule has 19 heavy (non-hydrogen) atoms. The smallest absolute Gasteiger partial charge is 0.332 e. The normalized spacial score (nSPS) is 11.9. The van der Waals surface area contributed by atoms with E-state index in [1.165, 1.54) is 4.90 Å². The average molecular weight is 293 g/mol. The number of rotatable bonds is 10. The number of carbonyl (C=O) groups excluding carboxylic acids is 1. The van der Waals surface area contributed by atoms with Crippen LogP contribution in [0.15, 0.2) is 0 Å². The molecule has 0 rings (SSSR count). The van der Waals surface area contributed by atoms with Crippen LogP contribution in [0.4, 0.5) is 4.79 Å². The quantitative estimate of drug-likeness (QED) is 0.603. The number of hydrogen-bond donors (Lipinski definition) is 2. The molecule has 0 aromatic heterocycles. The van der Waals surface area contributed by atoms with E-state index in [0.717, 1.165) is 38.5 Å². The van der Waals surface area contributed by atoms with Crippen LogP contribution in [-0.2, 0) is 4.57 Å². The minimum Gasteiger partial charge on any atom is -0.332 e. The van der Waals surface area contributed by atoms with E-state index in [1.807, 2.05) is 0 Å². The van der Waals surface area contributed by atoms with Crippen molar-refractivity contribution < 1.29 is 19.1 Å². The molecule has 0 saturated heterocycles. The molecule has 5 nitrogen and oxygen atoms in total. The topological polar surface area (TPSA) is 77.8 Å². The summed E-state index contributed by atoms with van der Waals surface area (Å²) in [7, 11) is -4.65. The van der Waals surface area contributed by atoms with E-state index in [4.69, 9.17) is 9.79 Å². The van der Waals surface area contributed by atoms with E-state index in [9.17, 15) is 9.36 Å². The summed E-state index contributed by atoms with van der Waals surface area (Å²) >= 11 is 0. The zero-order chi connectivity index (χ0) is 14.9. The third kappa shape index (κ3) is 7.71. The summed E-state index contributed by atoms with van der Waals surface area (Å²) in [5.74, 6) is 0.343. The summed E-state index contributed by atoms with van der Waals surface area (Å²) in [6.07, 6.45) is 6.41. The van der Waals surface area contributed by atoms with Crippen LogP contribution >= 0.6 is 7.60 Å². The maximum Gasteiger partial charge on any atom is 0.413 e. The fourth-order valence-electron chi connectivity index (χ4n) is 2.15. The first-order valence-corrected chi connectivity index (χ1v) is 8.82. The van der Waals surface area contributed by atoms with E-state index < -0.39 is 13.2 Å². The van der Waals surface area contributed by atoms with Crippen molar-refractivity contribution in [2.45, 2.75) is 59.3 Å². The van der Waals surface area contributed by atoms with Crippen molar-refractivity contribution in [1.82, 2.24) is 4.90 Å². The first kappa shape index (κ1) is 18.6. The van der Waals surface area contributed by atoms with Crippen molar-refractivity contribution in [3.05, 3.63) is 0 Å². The lowest BCUT2D eigenvalue weighted by Crippen LogP contribution is -2.34. The Bertz CT molecular complexity index is 295. The van der Waals surface area contributed by atoms with Gasteiger partial charge in [0.15, 0.2) is 0 Å². The van der Waals surface area contributed by atoms with Crippen molar-refractivity contribution in [3.63, 3.8) is 0 Å². The number of carbonyl (C=O) groups is 1. The highest BCUT2D eigenvalue weighted by molar-refractivity contribution is 7.69. The van der Waals surface area contributed by atoms with Gasteiger partial charge in [-0.15, -0.1) is 0 Å². The van der Waals surface area contributed by atoms with Crippen LogP contribution in [0, 0.1) is 5.92 Å². The molecular weight excluding hydrogens is 265 g/mol. The van der Waals surface area contributed by atoms with Crippen molar-refractivity contribution in [3.8, 4) is 0 Å². The fraction of sp³-hybridized carbons (Fsp3) is 0.923. The molecule has 114 valence electrons. The second kappa shape index (κ2) is 9.51. The van der Waals surface area contributed by atoms with Gasteiger partial charge >= 0.3 is 13.2 Å². The highest BCUT2D eigenvalue weighted by Gasteiger charge is 2.31. The summed E-state index contributed by atoms with van der Waals surface area (Å²) in [5, 5.41) is 0. The maximum absolute atomic E-state index is 11.6. The fourth-order valence-corrected chi connectivity index (χ4v) is 2.74. The second-order valence-electron chi connectivity index (χ2n) is 5.02. The Morgan fingerprint density at radius 2 is 1.58 bits per heavy atom. The molecule has 0 aromatic carbocycles. The van der Waals surface area contributed by atoms with Crippen molar-refractivity contribution in [2.24, 2.45) is 5.92 Å². The molecule has 6 heteroatoms. The Morgan fingerprint density at radius 3 is 1.89 bits per heavy atom. The van der Waals surface area contributed by atoms with Crippen molar-refractivity contribution in [1.29, 1.82) is 0 Å². The highest BCUT2D eigenvalue weighted by atomic mass is 31.2. The van der Waals surface area contributed by atoms with Gasteiger partial charge in [0.1, 0.15) is 0 Å². The van der Waals surface area contributed by atoms with E-state index in [2.05, 4.69) is 13.8 Å². The van der Waals surface area contributed by atoms with Gasteiger partial charge in [-0.1, -0.05) is 39.5 Å². The summed E-state index contributed by atoms with van der Waals surface area (Å²) in [4.78, 5) is 30.9. The average Bonchev–Trinajstić information content (AvgIpc) is 2.36. The van der Waals surface area contributed by atoms with Crippen LogP contribution in [0.2, 0.25) is 0 Å². The van der Waals surface area contributed by atoms with Crippen molar-refractivity contribution in [2.75, 3.05) is 13.1 Å². The summed E-state index contributed by atoms with van der Waals surface area (Å²) in [5.41, 5.74) is -1.03. The van der Waals surface area contributed by atoms with Gasteiger partial charge in [-0.25, -0.2) is 4.57 Å². The number of unbranched alkanes of at least 4 members (excludes halogenated alkanes) is 2. The first-order valence-electron chi connectivity index (χ1n) is 7.21. The maximum atomic E-state index is 11.6. The van der Waals surface area contributed by atoms with E-state index >= 15 is 0 Å². The predicted molar refractivity (Wildman–Crippen MR) is 77.2 cm³/mol. The zero-order valence-electron chi connectivity index (χ0n) is 12.3. The predicted octanol–water partition coefficient (Wildman–Crippen LogP) is 3.60. The second-order valence-corrected chi connectivity index (χ2v) is 6.49. The zero-order valence-corrected chi connectivity index (χ0v) is 13.2. The molecule has 0 aliphatic rings. The lowest BCUT2D eigenvalue weighted by molar-refractivity contribution is 0.198. The molecule has 2 N–H and O–H groups in total. The number of amides is 1. The molecule has 1 amide bonds. The molecule has 0 heterocycles. The van der Waals surface area contributed by atoms with Gasteiger partial charge in [0.2, 0.25) is 0 Å². The molecule has 0 aliphatic heterocycles. The molecule has 0 unspecified atom stereocenters. The van der Waals surface area contributed by atoms with E-state index in [1.54, 1.807) is 6.92 Å². The van der Waals surface area contributed by atoms with Gasteiger partial charge in [0.05, 0.1) is 0 Å². The van der Waals surface area contributed by atoms with Gasteiger partial charge in [-0.3, -0.25) is 4.79 Å². The van der Waals surface area contributed by atoms with Gasteiger partial charge in [-0.2, -0.15) is 0 Å². The standard InChI is InChI=1S/C13H28NO4P/c1-4-7-9-12(10-8-5-2)11-14(6-3)13(15)19(16,17)18/h12H,4-11H2,1-3H3,(H2,16,17,18). The SMILES string of the molecule is CCCCC(CCCC)CN(CC)C(=O)P(=O)(O)O. The Balaban J connectivity index is 4.57. The third-order valence-corrected chi connectivity index (χ3v) is 4.09. The lowest BCUT2D eigenvalue weighted by atomic mass is 9.95. The van der Waals surface area contributed by atoms with Crippen LogP contribution in [0.5, 0.6) is 0 Å². The summed E-state index contributed by atoms with van der Waals surface area (Å²) in [6, 6.07) is 0. The third-order valence-electron chi connectivity index (χ3n) is 3.31. The molecule has 0 saturated carbocycles. The Morgan fingerprint density at radius 1 is 1.11 bits per heavy atom. The number of hydrogen-bond acceptors (Lipinski definition) is 2. The van der Waals surface area contributed by atoms with Crippen LogP contribution < -0.4 is 0 Å². The van der Waals surface area contributed by atoms with Crippen LogP contribution in [0.1, 0.15) is 59.3 Å². The van der Waals surface area contributed by atoms with Crippen LogP contribution in [-0.4, -0.2) is 33.4 Å². The number of nitrogens with zero attached hydrogens (tertiary/aromatic N) is 1. The van der Waals surface area contributed by atoms with Crippen LogP contribution in [0.25, 0.3) is 0 Å². The van der Waals surface area contributed by atoms with Gasteiger partial charge in [-0.05, 0) is 25.7 Å². The monoisotopic (exact) mass is 293 g/mol. The molecule has 0 bridgehead atoms. The molecule has 0 aromatic rings. The largest absolute Gasteiger partial charge is 0.413 e. The van der Waals surface area contributed by atoms with Gasteiger partial charge in [0.25, 0.3) is 0 Å². The lowest BCUT2D eigenvalue weighted by Gasteiger charge is -2.26. The minimum absolute atomic E-state index is 0.343. The Labute approximate surface area is 116 Å². The molecule has 0 atom stereocenters. The first-order chi connectivity index (χ1) is 8.86. The Hall–Kier alpha value is -0.380. The molecule has 0 radical (unpaired) electrons. The summed E-state index contributed by atoms with van der Waals surface area (Å²) < 4.78 is 11.0. The molecule has 0 spiro atoms. The van der Waals surface area contributed by atoms with E-state index in [-0.39, 0.29) is 0 Å². The van der Waals surface area contributed by atoms with E-state index in [0.29, 0.717) is 19.0 Å². The van der Waals surface area contributed by atoms with Crippen molar-refractivity contribution >= 4 is 13.2 Å². The van der Waals surface area contributed by atoms with Gasteiger partial charge in [0, 0.05) is 13.1 Å². The molecule has 0 aliphatic carbocycles. The highest BCUT2D eigenvalue weighted by Crippen LogP contribution is 2.38. The molecule has 0 fully saturated rings.